The Labute approximate surface area is 156 Å². The van der Waals surface area contributed by atoms with Gasteiger partial charge in [-0.3, -0.25) is 4.90 Å². The van der Waals surface area contributed by atoms with Crippen molar-refractivity contribution < 1.29 is 9.26 Å². The summed E-state index contributed by atoms with van der Waals surface area (Å²) in [5, 5.41) is 5.90. The molecule has 0 spiro atoms. The fraction of sp³-hybridized carbons (Fsp3) is 0.444. The lowest BCUT2D eigenvalue weighted by Crippen LogP contribution is -2.36. The Morgan fingerprint density at radius 1 is 1.15 bits per heavy atom. The fourth-order valence-corrected chi connectivity index (χ4v) is 3.90. The van der Waals surface area contributed by atoms with Crippen LogP contribution in [0.1, 0.15) is 29.7 Å². The van der Waals surface area contributed by atoms with Crippen molar-refractivity contribution in [3.63, 3.8) is 0 Å². The minimum absolute atomic E-state index is 0.0192. The van der Waals surface area contributed by atoms with Crippen LogP contribution in [0.4, 0.5) is 0 Å². The highest BCUT2D eigenvalue weighted by Crippen LogP contribution is 2.36. The summed E-state index contributed by atoms with van der Waals surface area (Å²) >= 11 is 1.63. The second-order valence-electron chi connectivity index (χ2n) is 6.29. The van der Waals surface area contributed by atoms with Crippen LogP contribution in [0.25, 0.3) is 10.9 Å². The molecule has 136 valence electrons. The Balaban J connectivity index is 1.63. The first-order valence-electron chi connectivity index (χ1n) is 8.71. The van der Waals surface area contributed by atoms with E-state index < -0.39 is 0 Å². The van der Waals surface area contributed by atoms with Crippen LogP contribution >= 0.6 is 11.8 Å². The molecule has 26 heavy (non-hydrogen) atoms. The molecular weight excluding hydrogens is 350 g/mol. The van der Waals surface area contributed by atoms with Crippen molar-refractivity contribution in [1.82, 2.24) is 25.0 Å². The lowest BCUT2D eigenvalue weighted by Gasteiger charge is -2.26. The van der Waals surface area contributed by atoms with Gasteiger partial charge >= 0.3 is 0 Å². The van der Waals surface area contributed by atoms with E-state index in [2.05, 4.69) is 28.0 Å². The van der Waals surface area contributed by atoms with E-state index in [-0.39, 0.29) is 5.25 Å². The van der Waals surface area contributed by atoms with E-state index >= 15 is 0 Å². The Kier molecular flexibility index (Phi) is 5.14. The van der Waals surface area contributed by atoms with Gasteiger partial charge in [-0.15, -0.1) is 0 Å². The van der Waals surface area contributed by atoms with Crippen LogP contribution < -0.4 is 0 Å². The fourth-order valence-electron chi connectivity index (χ4n) is 2.91. The highest BCUT2D eigenvalue weighted by Gasteiger charge is 2.19. The van der Waals surface area contributed by atoms with Gasteiger partial charge in [0.05, 0.1) is 30.5 Å². The largest absolute Gasteiger partial charge is 0.379 e. The molecule has 1 fully saturated rings. The molecule has 0 saturated carbocycles. The molecule has 1 atom stereocenters. The molecule has 0 radical (unpaired) electrons. The summed E-state index contributed by atoms with van der Waals surface area (Å²) in [6.07, 6.45) is 0. The highest BCUT2D eigenvalue weighted by molar-refractivity contribution is 7.99. The summed E-state index contributed by atoms with van der Waals surface area (Å²) in [4.78, 5) is 16.3. The van der Waals surface area contributed by atoms with Gasteiger partial charge in [0.2, 0.25) is 5.89 Å². The molecule has 4 rings (SSSR count). The first kappa shape index (κ1) is 17.4. The quantitative estimate of drug-likeness (QED) is 0.500. The SMILES string of the molecule is Cc1noc(C(C)Sc2nc(CN3CCOCC3)nc3ccccc23)n1. The summed E-state index contributed by atoms with van der Waals surface area (Å²) in [5.74, 6) is 2.10. The molecule has 2 aromatic heterocycles. The molecule has 8 heteroatoms. The minimum Gasteiger partial charge on any atom is -0.379 e. The summed E-state index contributed by atoms with van der Waals surface area (Å²) in [5.41, 5.74) is 0.960. The molecule has 1 aliphatic rings. The second-order valence-corrected chi connectivity index (χ2v) is 7.62. The molecule has 7 nitrogen and oxygen atoms in total. The topological polar surface area (TPSA) is 77.2 Å². The average Bonchev–Trinajstić information content (AvgIpc) is 3.09. The predicted octanol–water partition coefficient (Wildman–Crippen LogP) is 3.01. The third-order valence-electron chi connectivity index (χ3n) is 4.26. The first-order valence-corrected chi connectivity index (χ1v) is 9.59. The molecule has 1 aliphatic heterocycles. The van der Waals surface area contributed by atoms with E-state index in [1.165, 1.54) is 0 Å². The van der Waals surface area contributed by atoms with E-state index in [1.54, 1.807) is 11.8 Å². The maximum Gasteiger partial charge on any atom is 0.239 e. The molecule has 1 aromatic carbocycles. The lowest BCUT2D eigenvalue weighted by molar-refractivity contribution is 0.0330. The van der Waals surface area contributed by atoms with Crippen molar-refractivity contribution in [3.8, 4) is 0 Å². The summed E-state index contributed by atoms with van der Waals surface area (Å²) in [6.45, 7) is 7.97. The molecule has 0 bridgehead atoms. The Bertz CT molecular complexity index is 894. The molecular formula is C18H21N5O2S. The van der Waals surface area contributed by atoms with Gasteiger partial charge < -0.3 is 9.26 Å². The maximum absolute atomic E-state index is 5.43. The number of hydrogen-bond acceptors (Lipinski definition) is 8. The van der Waals surface area contributed by atoms with E-state index in [0.717, 1.165) is 54.6 Å². The van der Waals surface area contributed by atoms with E-state index in [9.17, 15) is 0 Å². The van der Waals surface area contributed by atoms with Crippen molar-refractivity contribution in [2.45, 2.75) is 30.7 Å². The first-order chi connectivity index (χ1) is 12.7. The number of para-hydroxylation sites is 1. The number of rotatable bonds is 5. The van der Waals surface area contributed by atoms with E-state index in [4.69, 9.17) is 19.2 Å². The number of morpholine rings is 1. The molecule has 0 aliphatic carbocycles. The van der Waals surface area contributed by atoms with Crippen LogP contribution in [0.2, 0.25) is 0 Å². The number of fused-ring (bicyclic) bond motifs is 1. The number of nitrogens with zero attached hydrogens (tertiary/aromatic N) is 5. The van der Waals surface area contributed by atoms with Crippen LogP contribution in [-0.4, -0.2) is 51.3 Å². The van der Waals surface area contributed by atoms with Gasteiger partial charge in [-0.2, -0.15) is 4.98 Å². The average molecular weight is 371 g/mol. The number of aryl methyl sites for hydroxylation is 1. The monoisotopic (exact) mass is 371 g/mol. The number of aromatic nitrogens is 4. The zero-order chi connectivity index (χ0) is 17.9. The Morgan fingerprint density at radius 3 is 2.73 bits per heavy atom. The van der Waals surface area contributed by atoms with Gasteiger partial charge in [0.1, 0.15) is 10.9 Å². The van der Waals surface area contributed by atoms with Crippen LogP contribution in [-0.2, 0) is 11.3 Å². The molecule has 3 heterocycles. The van der Waals surface area contributed by atoms with Crippen molar-refractivity contribution in [3.05, 3.63) is 41.8 Å². The summed E-state index contributed by atoms with van der Waals surface area (Å²) in [6, 6.07) is 8.11. The van der Waals surface area contributed by atoms with Crippen molar-refractivity contribution in [1.29, 1.82) is 0 Å². The molecule has 1 saturated heterocycles. The number of thioether (sulfide) groups is 1. The van der Waals surface area contributed by atoms with Gasteiger partial charge in [0.25, 0.3) is 0 Å². The molecule has 3 aromatic rings. The normalized spacial score (nSPS) is 16.8. The Morgan fingerprint density at radius 2 is 1.96 bits per heavy atom. The molecule has 1 unspecified atom stereocenters. The predicted molar refractivity (Wildman–Crippen MR) is 98.9 cm³/mol. The van der Waals surface area contributed by atoms with Crippen molar-refractivity contribution in [2.75, 3.05) is 26.3 Å². The van der Waals surface area contributed by atoms with Crippen LogP contribution in [0.15, 0.2) is 33.8 Å². The van der Waals surface area contributed by atoms with Gasteiger partial charge in [-0.25, -0.2) is 9.97 Å². The second kappa shape index (κ2) is 7.69. The lowest BCUT2D eigenvalue weighted by atomic mass is 10.2. The Hall–Kier alpha value is -2.03. The minimum atomic E-state index is 0.0192. The summed E-state index contributed by atoms with van der Waals surface area (Å²) < 4.78 is 10.7. The number of ether oxygens (including phenoxy) is 1. The van der Waals surface area contributed by atoms with Crippen LogP contribution in [0.3, 0.4) is 0 Å². The van der Waals surface area contributed by atoms with Crippen molar-refractivity contribution in [2.24, 2.45) is 0 Å². The summed E-state index contributed by atoms with van der Waals surface area (Å²) in [7, 11) is 0. The third kappa shape index (κ3) is 3.87. The molecule has 0 amide bonds. The number of hydrogen-bond donors (Lipinski definition) is 0. The van der Waals surface area contributed by atoms with Gasteiger partial charge in [0.15, 0.2) is 5.82 Å². The van der Waals surface area contributed by atoms with Gasteiger partial charge in [-0.1, -0.05) is 35.1 Å². The van der Waals surface area contributed by atoms with Crippen LogP contribution in [0, 0.1) is 6.92 Å². The smallest absolute Gasteiger partial charge is 0.239 e. The van der Waals surface area contributed by atoms with Gasteiger partial charge in [-0.05, 0) is 19.9 Å². The zero-order valence-corrected chi connectivity index (χ0v) is 15.7. The molecule has 0 N–H and O–H groups in total. The van der Waals surface area contributed by atoms with E-state index in [0.29, 0.717) is 11.7 Å². The third-order valence-corrected chi connectivity index (χ3v) is 5.35. The van der Waals surface area contributed by atoms with Gasteiger partial charge in [0, 0.05) is 18.5 Å². The highest BCUT2D eigenvalue weighted by atomic mass is 32.2. The number of benzene rings is 1. The maximum atomic E-state index is 5.43. The van der Waals surface area contributed by atoms with E-state index in [1.807, 2.05) is 25.1 Å². The zero-order valence-electron chi connectivity index (χ0n) is 14.9. The van der Waals surface area contributed by atoms with Crippen molar-refractivity contribution >= 4 is 22.7 Å². The standard InChI is InChI=1S/C18H21N5O2S/c1-12(17-19-13(2)22-25-17)26-18-14-5-3-4-6-15(14)20-16(21-18)11-23-7-9-24-10-8-23/h3-6,12H,7-11H2,1-2H3. The van der Waals surface area contributed by atoms with Crippen LogP contribution in [0.5, 0.6) is 0 Å².